The molecule has 25 heavy (non-hydrogen) atoms. The lowest BCUT2D eigenvalue weighted by Crippen LogP contribution is -2.44. The molecule has 0 aliphatic rings. The van der Waals surface area contributed by atoms with E-state index < -0.39 is 17.4 Å². The Morgan fingerprint density at radius 1 is 1.20 bits per heavy atom. The third kappa shape index (κ3) is 6.03. The highest BCUT2D eigenvalue weighted by atomic mass is 35.5. The molecule has 0 fully saturated rings. The minimum absolute atomic E-state index is 0.0215. The van der Waals surface area contributed by atoms with Crippen molar-refractivity contribution in [2.75, 3.05) is 0 Å². The van der Waals surface area contributed by atoms with Crippen LogP contribution in [0.1, 0.15) is 37.2 Å². The Morgan fingerprint density at radius 3 is 2.52 bits per heavy atom. The summed E-state index contributed by atoms with van der Waals surface area (Å²) >= 11 is 7.46. The van der Waals surface area contributed by atoms with E-state index in [1.54, 1.807) is 32.0 Å². The van der Waals surface area contributed by atoms with Crippen LogP contribution in [-0.4, -0.2) is 32.7 Å². The van der Waals surface area contributed by atoms with Gasteiger partial charge in [0.15, 0.2) is 5.69 Å². The number of nitrogens with one attached hydrogen (secondary N) is 1. The molecule has 8 heteroatoms. The molecule has 0 saturated carbocycles. The second kappa shape index (κ2) is 8.31. The first kappa shape index (κ1) is 19.2. The molecule has 0 aliphatic carbocycles. The third-order valence-electron chi connectivity index (χ3n) is 3.34. The second-order valence-corrected chi connectivity index (χ2v) is 7.49. The number of nitrogens with zero attached hydrogens (tertiary/aromatic N) is 2. The molecule has 1 heterocycles. The van der Waals surface area contributed by atoms with Crippen LogP contribution in [0.5, 0.6) is 0 Å². The Balaban J connectivity index is 2.00. The molecule has 1 aromatic carbocycles. The van der Waals surface area contributed by atoms with Crippen molar-refractivity contribution in [3.8, 4) is 0 Å². The number of aliphatic carboxylic acids is 1. The van der Waals surface area contributed by atoms with E-state index in [1.165, 1.54) is 11.8 Å². The molecule has 0 radical (unpaired) electrons. The highest BCUT2D eigenvalue weighted by Crippen LogP contribution is 2.31. The van der Waals surface area contributed by atoms with Crippen LogP contribution in [0, 0.1) is 0 Å². The van der Waals surface area contributed by atoms with Gasteiger partial charge in [-0.05, 0) is 44.5 Å². The minimum Gasteiger partial charge on any atom is -0.481 e. The largest absolute Gasteiger partial charge is 0.481 e. The molecule has 0 atom stereocenters. The summed E-state index contributed by atoms with van der Waals surface area (Å²) in [5.41, 5.74) is -0.478. The molecule has 2 rings (SSSR count). The van der Waals surface area contributed by atoms with Crippen molar-refractivity contribution in [3.63, 3.8) is 0 Å². The van der Waals surface area contributed by atoms with E-state index in [0.717, 1.165) is 4.90 Å². The zero-order chi connectivity index (χ0) is 18.4. The van der Waals surface area contributed by atoms with Gasteiger partial charge in [0.2, 0.25) is 0 Å². The number of aromatic nitrogens is 2. The molecule has 1 aromatic heterocycles. The number of hydrogen-bond acceptors (Lipinski definition) is 5. The predicted octanol–water partition coefficient (Wildman–Crippen LogP) is 3.65. The Bertz CT molecular complexity index is 766. The van der Waals surface area contributed by atoms with Gasteiger partial charge in [-0.1, -0.05) is 35.5 Å². The van der Waals surface area contributed by atoms with Gasteiger partial charge < -0.3 is 10.4 Å². The number of carboxylic acids is 1. The number of halogens is 1. The fraction of sp³-hybridized carbons (Fsp3) is 0.294. The molecular formula is C17H18ClN3O3S. The predicted molar refractivity (Wildman–Crippen MR) is 96.0 cm³/mol. The van der Waals surface area contributed by atoms with Crippen LogP contribution in [0.2, 0.25) is 5.02 Å². The van der Waals surface area contributed by atoms with Gasteiger partial charge in [0.05, 0.1) is 5.02 Å². The number of amides is 1. The van der Waals surface area contributed by atoms with Gasteiger partial charge in [-0.25, -0.2) is 0 Å². The highest BCUT2D eigenvalue weighted by Gasteiger charge is 2.23. The van der Waals surface area contributed by atoms with Crippen LogP contribution >= 0.6 is 23.4 Å². The molecule has 0 aliphatic heterocycles. The van der Waals surface area contributed by atoms with Gasteiger partial charge in [0.25, 0.3) is 5.91 Å². The number of carboxylic acid groups (broad SMARTS) is 1. The molecule has 2 aromatic rings. The Morgan fingerprint density at radius 2 is 1.92 bits per heavy atom. The van der Waals surface area contributed by atoms with E-state index in [9.17, 15) is 9.59 Å². The number of rotatable bonds is 7. The molecule has 2 N–H and O–H groups in total. The molecule has 1 amide bonds. The van der Waals surface area contributed by atoms with Crippen molar-refractivity contribution in [1.82, 2.24) is 15.5 Å². The maximum atomic E-state index is 12.2. The maximum Gasteiger partial charge on any atom is 0.303 e. The third-order valence-corrected chi connectivity index (χ3v) is 4.78. The minimum atomic E-state index is -0.900. The van der Waals surface area contributed by atoms with Gasteiger partial charge in [0, 0.05) is 16.9 Å². The van der Waals surface area contributed by atoms with Crippen LogP contribution in [-0.2, 0) is 4.79 Å². The first-order chi connectivity index (χ1) is 11.8. The van der Waals surface area contributed by atoms with E-state index in [4.69, 9.17) is 16.7 Å². The van der Waals surface area contributed by atoms with Crippen LogP contribution < -0.4 is 5.32 Å². The number of carbonyl (C=O) groups is 2. The van der Waals surface area contributed by atoms with Crippen molar-refractivity contribution in [2.45, 2.75) is 42.1 Å². The lowest BCUT2D eigenvalue weighted by atomic mass is 9.98. The monoisotopic (exact) mass is 379 g/mol. The number of benzene rings is 1. The van der Waals surface area contributed by atoms with Crippen molar-refractivity contribution in [2.24, 2.45) is 0 Å². The molecule has 0 bridgehead atoms. The average molecular weight is 380 g/mol. The second-order valence-electron chi connectivity index (χ2n) is 6.02. The summed E-state index contributed by atoms with van der Waals surface area (Å²) in [6.07, 6.45) is 0.300. The zero-order valence-corrected chi connectivity index (χ0v) is 15.4. The van der Waals surface area contributed by atoms with E-state index >= 15 is 0 Å². The Labute approximate surface area is 155 Å². The normalized spacial score (nSPS) is 11.2. The highest BCUT2D eigenvalue weighted by molar-refractivity contribution is 7.99. The topological polar surface area (TPSA) is 92.2 Å². The quantitative estimate of drug-likeness (QED) is 0.762. The molecule has 132 valence electrons. The maximum absolute atomic E-state index is 12.2. The van der Waals surface area contributed by atoms with Crippen molar-refractivity contribution in [3.05, 3.63) is 47.1 Å². The summed E-state index contributed by atoms with van der Waals surface area (Å²) in [7, 11) is 0. The SMILES string of the molecule is CC(C)(CCC(=O)O)NC(=O)c1ccc(Sc2ccccc2Cl)nn1. The summed E-state index contributed by atoms with van der Waals surface area (Å²) in [5.74, 6) is -1.29. The number of carbonyl (C=O) groups excluding carboxylic acids is 1. The summed E-state index contributed by atoms with van der Waals surface area (Å²) in [6.45, 7) is 3.53. The molecule has 6 nitrogen and oxygen atoms in total. The lowest BCUT2D eigenvalue weighted by Gasteiger charge is -2.25. The van der Waals surface area contributed by atoms with Gasteiger partial charge in [-0.2, -0.15) is 0 Å². The van der Waals surface area contributed by atoms with E-state index in [0.29, 0.717) is 16.5 Å². The van der Waals surface area contributed by atoms with Crippen LogP contribution in [0.3, 0.4) is 0 Å². The Kier molecular flexibility index (Phi) is 6.39. The van der Waals surface area contributed by atoms with Crippen molar-refractivity contribution >= 4 is 35.2 Å². The van der Waals surface area contributed by atoms with Crippen LogP contribution in [0.4, 0.5) is 0 Å². The van der Waals surface area contributed by atoms with Crippen molar-refractivity contribution < 1.29 is 14.7 Å². The average Bonchev–Trinajstić information content (AvgIpc) is 2.55. The van der Waals surface area contributed by atoms with Gasteiger partial charge in [-0.3, -0.25) is 9.59 Å². The molecular weight excluding hydrogens is 362 g/mol. The summed E-state index contributed by atoms with van der Waals surface area (Å²) in [4.78, 5) is 23.8. The van der Waals surface area contributed by atoms with E-state index in [-0.39, 0.29) is 12.1 Å². The Hall–Kier alpha value is -2.12. The number of hydrogen-bond donors (Lipinski definition) is 2. The first-order valence-corrected chi connectivity index (χ1v) is 8.77. The molecule has 0 saturated heterocycles. The molecule has 0 unspecified atom stereocenters. The first-order valence-electron chi connectivity index (χ1n) is 7.57. The van der Waals surface area contributed by atoms with E-state index in [2.05, 4.69) is 15.5 Å². The smallest absolute Gasteiger partial charge is 0.303 e. The van der Waals surface area contributed by atoms with Gasteiger partial charge in [-0.15, -0.1) is 10.2 Å². The summed E-state index contributed by atoms with van der Waals surface area (Å²) in [5, 5.41) is 20.7. The molecule has 0 spiro atoms. The van der Waals surface area contributed by atoms with Crippen LogP contribution in [0.15, 0.2) is 46.3 Å². The van der Waals surface area contributed by atoms with Crippen LogP contribution in [0.25, 0.3) is 0 Å². The van der Waals surface area contributed by atoms with Gasteiger partial charge in [0.1, 0.15) is 5.03 Å². The summed E-state index contributed by atoms with van der Waals surface area (Å²) < 4.78 is 0. The summed E-state index contributed by atoms with van der Waals surface area (Å²) in [6, 6.07) is 10.7. The fourth-order valence-electron chi connectivity index (χ4n) is 1.99. The zero-order valence-electron chi connectivity index (χ0n) is 13.8. The van der Waals surface area contributed by atoms with E-state index in [1.807, 2.05) is 18.2 Å². The van der Waals surface area contributed by atoms with Gasteiger partial charge >= 0.3 is 5.97 Å². The van der Waals surface area contributed by atoms with Crippen molar-refractivity contribution in [1.29, 1.82) is 0 Å². The fourth-order valence-corrected chi connectivity index (χ4v) is 3.00. The standard InChI is InChI=1S/C17H18ClN3O3S/c1-17(2,10-9-15(22)23)19-16(24)12-7-8-14(21-20-12)25-13-6-4-3-5-11(13)18/h3-8H,9-10H2,1-2H3,(H,19,24)(H,22,23). The lowest BCUT2D eigenvalue weighted by molar-refractivity contribution is -0.137.